The Morgan fingerprint density at radius 1 is 1.38 bits per heavy atom. The minimum absolute atomic E-state index is 0.128. The quantitative estimate of drug-likeness (QED) is 0.639. The van der Waals surface area contributed by atoms with Crippen LogP contribution in [0.25, 0.3) is 0 Å². The summed E-state index contributed by atoms with van der Waals surface area (Å²) in [4.78, 5) is 16.0. The molecule has 0 aromatic carbocycles. The van der Waals surface area contributed by atoms with E-state index in [1.165, 1.54) is 0 Å². The summed E-state index contributed by atoms with van der Waals surface area (Å²) in [5, 5.41) is 2.82. The number of hydrogen-bond donors (Lipinski definition) is 2. The van der Waals surface area contributed by atoms with Crippen molar-refractivity contribution in [1.82, 2.24) is 15.1 Å². The molecule has 1 unspecified atom stereocenters. The molecule has 1 atom stereocenters. The van der Waals surface area contributed by atoms with Crippen LogP contribution in [-0.4, -0.2) is 67.6 Å². The van der Waals surface area contributed by atoms with Gasteiger partial charge in [-0.15, -0.1) is 0 Å². The molecule has 1 fully saturated rings. The fourth-order valence-corrected chi connectivity index (χ4v) is 1.97. The van der Waals surface area contributed by atoms with Crippen molar-refractivity contribution in [3.8, 4) is 0 Å². The fourth-order valence-electron chi connectivity index (χ4n) is 1.97. The van der Waals surface area contributed by atoms with E-state index in [4.69, 9.17) is 5.73 Å². The summed E-state index contributed by atoms with van der Waals surface area (Å²) in [6.45, 7) is 9.98. The molecule has 3 N–H and O–H groups in total. The maximum atomic E-state index is 11.4. The van der Waals surface area contributed by atoms with Gasteiger partial charge in [-0.05, 0) is 13.8 Å². The van der Waals surface area contributed by atoms with Gasteiger partial charge >= 0.3 is 0 Å². The lowest BCUT2D eigenvalue weighted by Gasteiger charge is -2.37. The van der Waals surface area contributed by atoms with Crippen molar-refractivity contribution in [1.29, 1.82) is 0 Å². The van der Waals surface area contributed by atoms with Gasteiger partial charge < -0.3 is 11.1 Å². The van der Waals surface area contributed by atoms with Crippen molar-refractivity contribution < 1.29 is 4.79 Å². The Bertz CT molecular complexity index is 214. The average molecular weight is 228 g/mol. The molecule has 0 radical (unpaired) electrons. The summed E-state index contributed by atoms with van der Waals surface area (Å²) in [7, 11) is 0. The van der Waals surface area contributed by atoms with Crippen LogP contribution in [0.1, 0.15) is 13.8 Å². The number of amides is 1. The van der Waals surface area contributed by atoms with E-state index in [2.05, 4.69) is 22.0 Å². The summed E-state index contributed by atoms with van der Waals surface area (Å²) in [6, 6.07) is 0.451. The SMILES string of the molecule is CCNC(=O)CN1CCN(C(C)CN)CC1. The lowest BCUT2D eigenvalue weighted by molar-refractivity contribution is -0.122. The molecule has 1 saturated heterocycles. The molecule has 5 heteroatoms. The molecule has 1 aliphatic heterocycles. The number of piperazine rings is 1. The highest BCUT2D eigenvalue weighted by Crippen LogP contribution is 2.04. The van der Waals surface area contributed by atoms with Crippen molar-refractivity contribution >= 4 is 5.91 Å². The van der Waals surface area contributed by atoms with Crippen LogP contribution in [0.15, 0.2) is 0 Å². The lowest BCUT2D eigenvalue weighted by Crippen LogP contribution is -2.53. The largest absolute Gasteiger partial charge is 0.355 e. The molecule has 1 aliphatic rings. The maximum Gasteiger partial charge on any atom is 0.234 e. The van der Waals surface area contributed by atoms with Crippen LogP contribution in [0.3, 0.4) is 0 Å². The Labute approximate surface area is 98.0 Å². The predicted molar refractivity (Wildman–Crippen MR) is 65.2 cm³/mol. The number of rotatable bonds is 5. The zero-order valence-corrected chi connectivity index (χ0v) is 10.4. The van der Waals surface area contributed by atoms with Crippen molar-refractivity contribution in [3.05, 3.63) is 0 Å². The van der Waals surface area contributed by atoms with Gasteiger partial charge in [-0.3, -0.25) is 14.6 Å². The van der Waals surface area contributed by atoms with E-state index in [9.17, 15) is 4.79 Å². The monoisotopic (exact) mass is 228 g/mol. The zero-order chi connectivity index (χ0) is 12.0. The van der Waals surface area contributed by atoms with Crippen LogP contribution < -0.4 is 11.1 Å². The molecule has 1 heterocycles. The summed E-state index contributed by atoms with van der Waals surface area (Å²) in [5.74, 6) is 0.128. The Morgan fingerprint density at radius 2 is 2.00 bits per heavy atom. The van der Waals surface area contributed by atoms with Gasteiger partial charge in [-0.25, -0.2) is 0 Å². The zero-order valence-electron chi connectivity index (χ0n) is 10.4. The molecular formula is C11H24N4O. The van der Waals surface area contributed by atoms with Crippen molar-refractivity contribution in [2.45, 2.75) is 19.9 Å². The van der Waals surface area contributed by atoms with Crippen LogP contribution in [0.5, 0.6) is 0 Å². The summed E-state index contributed by atoms with van der Waals surface area (Å²) >= 11 is 0. The normalized spacial score (nSPS) is 20.7. The highest BCUT2D eigenvalue weighted by atomic mass is 16.2. The van der Waals surface area contributed by atoms with Crippen LogP contribution in [0, 0.1) is 0 Å². The van der Waals surface area contributed by atoms with Gasteiger partial charge in [0.2, 0.25) is 5.91 Å². The molecule has 16 heavy (non-hydrogen) atoms. The van der Waals surface area contributed by atoms with Crippen LogP contribution in [-0.2, 0) is 4.79 Å². The fraction of sp³-hybridized carbons (Fsp3) is 0.909. The molecule has 0 bridgehead atoms. The van der Waals surface area contributed by atoms with Gasteiger partial charge in [0, 0.05) is 45.3 Å². The lowest BCUT2D eigenvalue weighted by atomic mass is 10.2. The van der Waals surface area contributed by atoms with E-state index in [0.29, 0.717) is 25.7 Å². The number of hydrogen-bond acceptors (Lipinski definition) is 4. The topological polar surface area (TPSA) is 61.6 Å². The average Bonchev–Trinajstić information content (AvgIpc) is 2.29. The second-order valence-corrected chi connectivity index (χ2v) is 4.35. The van der Waals surface area contributed by atoms with Gasteiger partial charge in [-0.1, -0.05) is 0 Å². The highest BCUT2D eigenvalue weighted by Gasteiger charge is 2.21. The van der Waals surface area contributed by atoms with Gasteiger partial charge in [0.25, 0.3) is 0 Å². The van der Waals surface area contributed by atoms with Crippen LogP contribution in [0.2, 0.25) is 0 Å². The maximum absolute atomic E-state index is 11.4. The third-order valence-corrected chi connectivity index (χ3v) is 3.11. The summed E-state index contributed by atoms with van der Waals surface area (Å²) in [6.07, 6.45) is 0. The van der Waals surface area contributed by atoms with Crippen molar-refractivity contribution in [2.75, 3.05) is 45.8 Å². The third kappa shape index (κ3) is 4.08. The summed E-state index contributed by atoms with van der Waals surface area (Å²) < 4.78 is 0. The minimum atomic E-state index is 0.128. The smallest absolute Gasteiger partial charge is 0.234 e. The second kappa shape index (κ2) is 6.83. The molecule has 94 valence electrons. The van der Waals surface area contributed by atoms with E-state index >= 15 is 0 Å². The first-order valence-corrected chi connectivity index (χ1v) is 6.10. The number of likely N-dealkylation sites (N-methyl/N-ethyl adjacent to an activating group) is 1. The van der Waals surface area contributed by atoms with Crippen molar-refractivity contribution in [2.24, 2.45) is 5.73 Å². The Morgan fingerprint density at radius 3 is 2.50 bits per heavy atom. The van der Waals surface area contributed by atoms with Gasteiger partial charge in [-0.2, -0.15) is 0 Å². The Hall–Kier alpha value is -0.650. The second-order valence-electron chi connectivity index (χ2n) is 4.35. The molecule has 1 rings (SSSR count). The molecule has 0 aliphatic carbocycles. The summed E-state index contributed by atoms with van der Waals surface area (Å²) in [5.41, 5.74) is 5.64. The number of carbonyl (C=O) groups excluding carboxylic acids is 1. The number of nitrogens with zero attached hydrogens (tertiary/aromatic N) is 2. The molecule has 1 amide bonds. The van der Waals surface area contributed by atoms with Crippen LogP contribution >= 0.6 is 0 Å². The molecule has 0 spiro atoms. The van der Waals surface area contributed by atoms with Crippen LogP contribution in [0.4, 0.5) is 0 Å². The number of carbonyl (C=O) groups is 1. The molecule has 0 saturated carbocycles. The predicted octanol–water partition coefficient (Wildman–Crippen LogP) is -0.913. The highest BCUT2D eigenvalue weighted by molar-refractivity contribution is 5.77. The number of nitrogens with one attached hydrogen (secondary N) is 1. The molecule has 5 nitrogen and oxygen atoms in total. The Balaban J connectivity index is 2.24. The van der Waals surface area contributed by atoms with E-state index in [1.54, 1.807) is 0 Å². The molecular weight excluding hydrogens is 204 g/mol. The van der Waals surface area contributed by atoms with Gasteiger partial charge in [0.15, 0.2) is 0 Å². The number of nitrogens with two attached hydrogens (primary N) is 1. The van der Waals surface area contributed by atoms with E-state index in [1.807, 2.05) is 6.92 Å². The third-order valence-electron chi connectivity index (χ3n) is 3.11. The van der Waals surface area contributed by atoms with Crippen molar-refractivity contribution in [3.63, 3.8) is 0 Å². The van der Waals surface area contributed by atoms with E-state index in [0.717, 1.165) is 26.2 Å². The first kappa shape index (κ1) is 13.4. The Kier molecular flexibility index (Phi) is 5.73. The first-order valence-electron chi connectivity index (χ1n) is 6.10. The van der Waals surface area contributed by atoms with Gasteiger partial charge in [0.1, 0.15) is 0 Å². The van der Waals surface area contributed by atoms with Gasteiger partial charge in [0.05, 0.1) is 6.54 Å². The first-order chi connectivity index (χ1) is 7.67. The minimum Gasteiger partial charge on any atom is -0.355 e. The van der Waals surface area contributed by atoms with E-state index in [-0.39, 0.29) is 5.91 Å². The standard InChI is InChI=1S/C11H24N4O/c1-3-13-11(16)9-14-4-6-15(7-5-14)10(2)8-12/h10H,3-9,12H2,1-2H3,(H,13,16). The molecule has 0 aromatic heterocycles. The van der Waals surface area contributed by atoms with E-state index < -0.39 is 0 Å². The molecule has 0 aromatic rings.